The number of ether oxygens (including phenoxy) is 10. The molecule has 0 unspecified atom stereocenters. The van der Waals surface area contributed by atoms with Crippen molar-refractivity contribution in [2.75, 3.05) is 126 Å². The van der Waals surface area contributed by atoms with Gasteiger partial charge < -0.3 is 47.4 Å². The molecule has 0 aromatic heterocycles. The Kier molecular flexibility index (Phi) is 37.3. The molecular formula is C31H62O11. The fourth-order valence-electron chi connectivity index (χ4n) is 3.65. The molecule has 0 heterocycles. The highest BCUT2D eigenvalue weighted by atomic mass is 16.6. The minimum absolute atomic E-state index is 0.134. The van der Waals surface area contributed by atoms with Crippen LogP contribution in [0, 0.1) is 0 Å². The van der Waals surface area contributed by atoms with Crippen molar-refractivity contribution in [3.63, 3.8) is 0 Å². The molecule has 0 aromatic rings. The van der Waals surface area contributed by atoms with E-state index >= 15 is 0 Å². The molecule has 0 spiro atoms. The van der Waals surface area contributed by atoms with Gasteiger partial charge in [0.25, 0.3) is 0 Å². The van der Waals surface area contributed by atoms with Gasteiger partial charge in [0.05, 0.1) is 112 Å². The highest BCUT2D eigenvalue weighted by Gasteiger charge is 2.03. The summed E-state index contributed by atoms with van der Waals surface area (Å²) in [5, 5.41) is 0. The molecule has 11 nitrogen and oxygen atoms in total. The van der Waals surface area contributed by atoms with Crippen LogP contribution in [0.15, 0.2) is 0 Å². The van der Waals surface area contributed by atoms with E-state index in [1.54, 1.807) is 7.11 Å². The number of carbonyl (C=O) groups excluding carboxylic acids is 1. The Bertz CT molecular complexity index is 511. The van der Waals surface area contributed by atoms with Crippen LogP contribution >= 0.6 is 0 Å². The summed E-state index contributed by atoms with van der Waals surface area (Å²) in [6, 6.07) is 0. The van der Waals surface area contributed by atoms with Crippen LogP contribution in [-0.2, 0) is 52.2 Å². The first-order valence-corrected chi connectivity index (χ1v) is 16.1. The minimum atomic E-state index is -0.134. The fraction of sp³-hybridized carbons (Fsp3) is 0.968. The third kappa shape index (κ3) is 37.1. The standard InChI is InChI=1S/C31H62O11/c1-3-4-5-6-7-8-9-10-11-12-31(32)42-30-29-41-28-27-40-26-25-39-24-23-38-22-21-37-20-19-36-18-17-35-16-15-34-14-13-33-2/h3-30H2,1-2H3. The second kappa shape index (κ2) is 38.1. The van der Waals surface area contributed by atoms with E-state index in [0.717, 1.165) is 12.8 Å². The Morgan fingerprint density at radius 1 is 0.381 bits per heavy atom. The SMILES string of the molecule is CCCCCCCCCCCC(=O)OCCOCCOCCOCCOCCOCCOCCOCCOCCOC. The van der Waals surface area contributed by atoms with Crippen LogP contribution in [0.2, 0.25) is 0 Å². The molecule has 0 aromatic carbocycles. The van der Waals surface area contributed by atoms with Crippen molar-refractivity contribution in [2.24, 2.45) is 0 Å². The van der Waals surface area contributed by atoms with E-state index in [1.165, 1.54) is 44.9 Å². The lowest BCUT2D eigenvalue weighted by molar-refractivity contribution is -0.145. The zero-order valence-electron chi connectivity index (χ0n) is 26.8. The number of hydrogen-bond acceptors (Lipinski definition) is 11. The van der Waals surface area contributed by atoms with Crippen LogP contribution in [0.4, 0.5) is 0 Å². The molecule has 0 N–H and O–H groups in total. The third-order valence-electron chi connectivity index (χ3n) is 6.01. The van der Waals surface area contributed by atoms with Crippen molar-refractivity contribution in [1.29, 1.82) is 0 Å². The third-order valence-corrected chi connectivity index (χ3v) is 6.01. The minimum Gasteiger partial charge on any atom is -0.463 e. The highest BCUT2D eigenvalue weighted by molar-refractivity contribution is 5.69. The molecule has 0 aliphatic rings. The molecule has 0 saturated carbocycles. The van der Waals surface area contributed by atoms with Crippen LogP contribution in [0.3, 0.4) is 0 Å². The van der Waals surface area contributed by atoms with E-state index in [-0.39, 0.29) is 5.97 Å². The molecule has 252 valence electrons. The summed E-state index contributed by atoms with van der Waals surface area (Å²) < 4.78 is 53.5. The van der Waals surface area contributed by atoms with Gasteiger partial charge in [0, 0.05) is 13.5 Å². The molecule has 0 radical (unpaired) electrons. The highest BCUT2D eigenvalue weighted by Crippen LogP contribution is 2.10. The van der Waals surface area contributed by atoms with E-state index in [4.69, 9.17) is 47.4 Å². The Balaban J connectivity index is 3.11. The monoisotopic (exact) mass is 610 g/mol. The van der Waals surface area contributed by atoms with Gasteiger partial charge in [0.1, 0.15) is 6.61 Å². The molecular weight excluding hydrogens is 548 g/mol. The van der Waals surface area contributed by atoms with Crippen LogP contribution in [0.25, 0.3) is 0 Å². The normalized spacial score (nSPS) is 11.4. The van der Waals surface area contributed by atoms with Crippen molar-refractivity contribution in [3.8, 4) is 0 Å². The smallest absolute Gasteiger partial charge is 0.305 e. The number of hydrogen-bond donors (Lipinski definition) is 0. The average Bonchev–Trinajstić information content (AvgIpc) is 3.00. The van der Waals surface area contributed by atoms with Crippen LogP contribution < -0.4 is 0 Å². The van der Waals surface area contributed by atoms with Gasteiger partial charge in [0.2, 0.25) is 0 Å². The molecule has 11 heteroatoms. The molecule has 0 rings (SSSR count). The number of rotatable bonds is 37. The van der Waals surface area contributed by atoms with Crippen LogP contribution in [-0.4, -0.2) is 132 Å². The second-order valence-electron chi connectivity index (χ2n) is 9.69. The van der Waals surface area contributed by atoms with E-state index in [2.05, 4.69) is 6.92 Å². The quantitative estimate of drug-likeness (QED) is 0.0745. The molecule has 0 saturated heterocycles. The lowest BCUT2D eigenvalue weighted by atomic mass is 10.1. The average molecular weight is 611 g/mol. The number of carbonyl (C=O) groups is 1. The number of methoxy groups -OCH3 is 1. The van der Waals surface area contributed by atoms with Gasteiger partial charge in [-0.1, -0.05) is 58.3 Å². The summed E-state index contributed by atoms with van der Waals surface area (Å²) in [6.07, 6.45) is 11.6. The molecule has 42 heavy (non-hydrogen) atoms. The van der Waals surface area contributed by atoms with Crippen LogP contribution in [0.1, 0.15) is 71.1 Å². The molecule has 0 amide bonds. The maximum Gasteiger partial charge on any atom is 0.305 e. The lowest BCUT2D eigenvalue weighted by Crippen LogP contribution is -2.15. The van der Waals surface area contributed by atoms with Crippen molar-refractivity contribution in [2.45, 2.75) is 71.1 Å². The Morgan fingerprint density at radius 2 is 0.667 bits per heavy atom. The van der Waals surface area contributed by atoms with E-state index in [0.29, 0.717) is 125 Å². The van der Waals surface area contributed by atoms with Gasteiger partial charge in [-0.05, 0) is 6.42 Å². The first-order valence-electron chi connectivity index (χ1n) is 16.1. The van der Waals surface area contributed by atoms with Gasteiger partial charge in [-0.2, -0.15) is 0 Å². The summed E-state index contributed by atoms with van der Waals surface area (Å²) in [4.78, 5) is 11.7. The molecule has 0 aliphatic heterocycles. The summed E-state index contributed by atoms with van der Waals surface area (Å²) in [7, 11) is 1.65. The number of esters is 1. The molecule has 0 fully saturated rings. The molecule has 0 bridgehead atoms. The predicted octanol–water partition coefficient (Wildman–Crippen LogP) is 4.23. The first kappa shape index (κ1) is 41.1. The van der Waals surface area contributed by atoms with Gasteiger partial charge in [-0.3, -0.25) is 4.79 Å². The number of unbranched alkanes of at least 4 members (excludes halogenated alkanes) is 8. The summed E-state index contributed by atoms with van der Waals surface area (Å²) in [5.74, 6) is -0.134. The molecule has 0 atom stereocenters. The van der Waals surface area contributed by atoms with Crippen molar-refractivity contribution in [1.82, 2.24) is 0 Å². The zero-order valence-corrected chi connectivity index (χ0v) is 26.8. The maximum atomic E-state index is 11.7. The van der Waals surface area contributed by atoms with Gasteiger partial charge in [-0.25, -0.2) is 0 Å². The summed E-state index contributed by atoms with van der Waals surface area (Å²) in [6.45, 7) is 11.3. The fourth-order valence-corrected chi connectivity index (χ4v) is 3.65. The zero-order chi connectivity index (χ0) is 30.4. The summed E-state index contributed by atoms with van der Waals surface area (Å²) in [5.41, 5.74) is 0. The van der Waals surface area contributed by atoms with E-state index in [1.807, 2.05) is 0 Å². The first-order chi connectivity index (χ1) is 20.8. The summed E-state index contributed by atoms with van der Waals surface area (Å²) >= 11 is 0. The van der Waals surface area contributed by atoms with Gasteiger partial charge in [0.15, 0.2) is 0 Å². The van der Waals surface area contributed by atoms with Gasteiger partial charge >= 0.3 is 5.97 Å². The largest absolute Gasteiger partial charge is 0.463 e. The predicted molar refractivity (Wildman–Crippen MR) is 161 cm³/mol. The Morgan fingerprint density at radius 3 is 1.00 bits per heavy atom. The lowest BCUT2D eigenvalue weighted by Gasteiger charge is -2.09. The Hall–Kier alpha value is -0.890. The van der Waals surface area contributed by atoms with Crippen molar-refractivity contribution in [3.05, 3.63) is 0 Å². The van der Waals surface area contributed by atoms with Gasteiger partial charge in [-0.15, -0.1) is 0 Å². The Labute approximate surface area is 255 Å². The molecule has 0 aliphatic carbocycles. The van der Waals surface area contributed by atoms with E-state index < -0.39 is 0 Å². The van der Waals surface area contributed by atoms with Crippen molar-refractivity contribution >= 4 is 5.97 Å². The van der Waals surface area contributed by atoms with Crippen molar-refractivity contribution < 1.29 is 52.2 Å². The maximum absolute atomic E-state index is 11.7. The topological polar surface area (TPSA) is 109 Å². The van der Waals surface area contributed by atoms with Crippen LogP contribution in [0.5, 0.6) is 0 Å². The van der Waals surface area contributed by atoms with E-state index in [9.17, 15) is 4.79 Å². The second-order valence-corrected chi connectivity index (χ2v) is 9.69.